The molecule has 0 aromatic carbocycles. The molecule has 1 unspecified atom stereocenters. The largest absolute Gasteiger partial charge is 0.314 e. The van der Waals surface area contributed by atoms with Gasteiger partial charge in [-0.3, -0.25) is 9.29 Å². The first-order valence-corrected chi connectivity index (χ1v) is 5.56. The average molecular weight is 202 g/mol. The van der Waals surface area contributed by atoms with Crippen LogP contribution in [0.1, 0.15) is 27.2 Å². The summed E-state index contributed by atoms with van der Waals surface area (Å²) in [5.74, 6) is 0. The van der Waals surface area contributed by atoms with Crippen LogP contribution in [0.15, 0.2) is 0 Å². The molecule has 2 nitrogen and oxygen atoms in total. The van der Waals surface area contributed by atoms with E-state index in [1.165, 1.54) is 0 Å². The Kier molecular flexibility index (Phi) is 4.32. The normalized spacial score (nSPS) is 25.3. The lowest BCUT2D eigenvalue weighted by atomic mass is 9.84. The molecule has 0 aromatic rings. The van der Waals surface area contributed by atoms with Gasteiger partial charge in [0.15, 0.2) is 0 Å². The van der Waals surface area contributed by atoms with Gasteiger partial charge in [-0.25, -0.2) is 0 Å². The Hall–Kier alpha value is -0.150. The first-order chi connectivity index (χ1) is 6.55. The molecule has 1 aliphatic heterocycles. The van der Waals surface area contributed by atoms with Crippen LogP contribution in [0.5, 0.6) is 0 Å². The number of hydrogen-bond acceptors (Lipinski definition) is 2. The number of rotatable bonds is 3. The van der Waals surface area contributed by atoms with E-state index in [1.807, 2.05) is 0 Å². The van der Waals surface area contributed by atoms with Gasteiger partial charge < -0.3 is 5.32 Å². The summed E-state index contributed by atoms with van der Waals surface area (Å²) in [7, 11) is 0. The lowest BCUT2D eigenvalue weighted by Crippen LogP contribution is -2.56. The number of hydrogen-bond donors (Lipinski definition) is 1. The van der Waals surface area contributed by atoms with E-state index in [1.54, 1.807) is 0 Å². The topological polar surface area (TPSA) is 15.3 Å². The number of alkyl halides is 1. The molecule has 1 fully saturated rings. The van der Waals surface area contributed by atoms with E-state index in [9.17, 15) is 4.39 Å². The lowest BCUT2D eigenvalue weighted by molar-refractivity contribution is 0.0727. The van der Waals surface area contributed by atoms with Gasteiger partial charge >= 0.3 is 0 Å². The second kappa shape index (κ2) is 5.08. The van der Waals surface area contributed by atoms with Gasteiger partial charge in [0.25, 0.3) is 0 Å². The molecule has 1 rings (SSSR count). The summed E-state index contributed by atoms with van der Waals surface area (Å²) >= 11 is 0. The minimum absolute atomic E-state index is 0.194. The van der Waals surface area contributed by atoms with E-state index in [0.717, 1.165) is 26.2 Å². The van der Waals surface area contributed by atoms with E-state index in [-0.39, 0.29) is 12.1 Å². The second-order valence-electron chi connectivity index (χ2n) is 5.16. The Bertz CT molecular complexity index is 165. The molecule has 1 atom stereocenters. The van der Waals surface area contributed by atoms with Crippen molar-refractivity contribution in [1.29, 1.82) is 0 Å². The van der Waals surface area contributed by atoms with Crippen molar-refractivity contribution in [3.05, 3.63) is 0 Å². The van der Waals surface area contributed by atoms with Gasteiger partial charge in [0.05, 0.1) is 6.67 Å². The van der Waals surface area contributed by atoms with Gasteiger partial charge in [0.1, 0.15) is 0 Å². The second-order valence-corrected chi connectivity index (χ2v) is 5.16. The first-order valence-electron chi connectivity index (χ1n) is 5.56. The number of piperazine rings is 1. The maximum Gasteiger partial charge on any atom is 0.0906 e. The number of nitrogens with one attached hydrogen (secondary N) is 1. The maximum absolute atomic E-state index is 12.1. The van der Waals surface area contributed by atoms with Crippen molar-refractivity contribution in [3.8, 4) is 0 Å². The highest BCUT2D eigenvalue weighted by Gasteiger charge is 2.31. The Morgan fingerprint density at radius 3 is 2.71 bits per heavy atom. The minimum Gasteiger partial charge on any atom is -0.314 e. The molecule has 1 aliphatic rings. The summed E-state index contributed by atoms with van der Waals surface area (Å²) in [5.41, 5.74) is 0.281. The molecule has 1 saturated heterocycles. The number of nitrogens with zero attached hydrogens (tertiary/aromatic N) is 1. The van der Waals surface area contributed by atoms with Crippen molar-refractivity contribution in [3.63, 3.8) is 0 Å². The van der Waals surface area contributed by atoms with Crippen molar-refractivity contribution in [1.82, 2.24) is 10.2 Å². The highest BCUT2D eigenvalue weighted by atomic mass is 19.1. The Labute approximate surface area is 86.9 Å². The maximum atomic E-state index is 12.1. The summed E-state index contributed by atoms with van der Waals surface area (Å²) in [5, 5.41) is 3.41. The summed E-state index contributed by atoms with van der Waals surface area (Å²) in [6, 6.07) is 0.544. The third-order valence-electron chi connectivity index (χ3n) is 2.93. The predicted octanol–water partition coefficient (Wildman–Crippen LogP) is 1.67. The van der Waals surface area contributed by atoms with Crippen molar-refractivity contribution in [2.45, 2.75) is 33.2 Å². The molecule has 0 spiro atoms. The predicted molar refractivity (Wildman–Crippen MR) is 58.3 cm³/mol. The third-order valence-corrected chi connectivity index (χ3v) is 2.93. The summed E-state index contributed by atoms with van der Waals surface area (Å²) in [4.78, 5) is 2.43. The zero-order valence-corrected chi connectivity index (χ0v) is 9.65. The van der Waals surface area contributed by atoms with Gasteiger partial charge in [-0.05, 0) is 11.8 Å². The van der Waals surface area contributed by atoms with Gasteiger partial charge in [0.2, 0.25) is 0 Å². The molecular formula is C11H23FN2. The van der Waals surface area contributed by atoms with E-state index in [0.29, 0.717) is 12.5 Å². The Balaban J connectivity index is 2.50. The van der Waals surface area contributed by atoms with Crippen LogP contribution < -0.4 is 5.32 Å². The molecule has 14 heavy (non-hydrogen) atoms. The fraction of sp³-hybridized carbons (Fsp3) is 1.00. The van der Waals surface area contributed by atoms with Crippen LogP contribution in [0, 0.1) is 5.41 Å². The molecule has 1 heterocycles. The summed E-state index contributed by atoms with van der Waals surface area (Å²) in [6.07, 6.45) is 0.673. The molecule has 0 aliphatic carbocycles. The molecule has 0 radical (unpaired) electrons. The van der Waals surface area contributed by atoms with Gasteiger partial charge in [0, 0.05) is 32.2 Å². The number of halogens is 1. The fourth-order valence-electron chi connectivity index (χ4n) is 2.13. The molecule has 3 heteroatoms. The zero-order valence-electron chi connectivity index (χ0n) is 9.65. The van der Waals surface area contributed by atoms with Crippen LogP contribution in [-0.2, 0) is 0 Å². The van der Waals surface area contributed by atoms with Crippen LogP contribution in [-0.4, -0.2) is 43.8 Å². The van der Waals surface area contributed by atoms with E-state index in [2.05, 4.69) is 31.0 Å². The van der Waals surface area contributed by atoms with Crippen LogP contribution >= 0.6 is 0 Å². The SMILES string of the molecule is CC(C)(C)C1CNCCN1CCCF. The highest BCUT2D eigenvalue weighted by molar-refractivity contribution is 4.88. The molecule has 0 amide bonds. The molecule has 0 saturated carbocycles. The Morgan fingerprint density at radius 1 is 1.43 bits per heavy atom. The first kappa shape index (κ1) is 11.9. The monoisotopic (exact) mass is 202 g/mol. The Morgan fingerprint density at radius 2 is 2.14 bits per heavy atom. The standard InChI is InChI=1S/C11H23FN2/c1-11(2,3)10-9-13-6-8-14(10)7-4-5-12/h10,13H,4-9H2,1-3H3. The van der Waals surface area contributed by atoms with E-state index < -0.39 is 0 Å². The molecule has 84 valence electrons. The molecule has 0 aromatic heterocycles. The summed E-state index contributed by atoms with van der Waals surface area (Å²) in [6.45, 7) is 10.6. The summed E-state index contributed by atoms with van der Waals surface area (Å²) < 4.78 is 12.1. The van der Waals surface area contributed by atoms with Gasteiger partial charge in [-0.2, -0.15) is 0 Å². The van der Waals surface area contributed by atoms with Crippen molar-refractivity contribution < 1.29 is 4.39 Å². The molecule has 0 bridgehead atoms. The molecule has 1 N–H and O–H groups in total. The van der Waals surface area contributed by atoms with E-state index in [4.69, 9.17) is 0 Å². The lowest BCUT2D eigenvalue weighted by Gasteiger charge is -2.43. The van der Waals surface area contributed by atoms with Gasteiger partial charge in [-0.1, -0.05) is 20.8 Å². The van der Waals surface area contributed by atoms with Crippen LogP contribution in [0.2, 0.25) is 0 Å². The molecular weight excluding hydrogens is 179 g/mol. The average Bonchev–Trinajstić information content (AvgIpc) is 2.14. The fourth-order valence-corrected chi connectivity index (χ4v) is 2.13. The van der Waals surface area contributed by atoms with Crippen molar-refractivity contribution >= 4 is 0 Å². The minimum atomic E-state index is -0.194. The van der Waals surface area contributed by atoms with Crippen LogP contribution in [0.3, 0.4) is 0 Å². The third kappa shape index (κ3) is 3.21. The quantitative estimate of drug-likeness (QED) is 0.749. The van der Waals surface area contributed by atoms with Crippen molar-refractivity contribution in [2.24, 2.45) is 5.41 Å². The van der Waals surface area contributed by atoms with Gasteiger partial charge in [-0.15, -0.1) is 0 Å². The van der Waals surface area contributed by atoms with E-state index >= 15 is 0 Å². The van der Waals surface area contributed by atoms with Crippen LogP contribution in [0.4, 0.5) is 4.39 Å². The zero-order chi connectivity index (χ0) is 10.6. The van der Waals surface area contributed by atoms with Crippen LogP contribution in [0.25, 0.3) is 0 Å². The highest BCUT2D eigenvalue weighted by Crippen LogP contribution is 2.25. The smallest absolute Gasteiger partial charge is 0.0906 e. The van der Waals surface area contributed by atoms with Crippen molar-refractivity contribution in [2.75, 3.05) is 32.9 Å².